The molecule has 1 saturated carbocycles. The Hall–Kier alpha value is -2.09. The van der Waals surface area contributed by atoms with Crippen molar-refractivity contribution < 1.29 is 18.3 Å². The molecule has 0 aliphatic heterocycles. The zero-order chi connectivity index (χ0) is 16.2. The summed E-state index contributed by atoms with van der Waals surface area (Å²) in [5.74, 6) is 0.694. The molecule has 1 aliphatic rings. The Labute approximate surface area is 136 Å². The van der Waals surface area contributed by atoms with Gasteiger partial charge in [-0.15, -0.1) is 10.2 Å². The van der Waals surface area contributed by atoms with Crippen molar-refractivity contribution in [2.24, 2.45) is 0 Å². The van der Waals surface area contributed by atoms with Gasteiger partial charge < -0.3 is 14.5 Å². The van der Waals surface area contributed by atoms with Gasteiger partial charge in [-0.2, -0.15) is 0 Å². The molecule has 1 atom stereocenters. The molecule has 6 nitrogen and oxygen atoms in total. The molecule has 0 unspecified atom stereocenters. The van der Waals surface area contributed by atoms with E-state index in [0.717, 1.165) is 12.8 Å². The second-order valence-electron chi connectivity index (χ2n) is 5.25. The second-order valence-corrected chi connectivity index (χ2v) is 6.18. The first-order chi connectivity index (χ1) is 11.1. The minimum absolute atomic E-state index is 0.0344. The minimum Gasteiger partial charge on any atom is -0.481 e. The summed E-state index contributed by atoms with van der Waals surface area (Å²) in [4.78, 5) is 11.6. The van der Waals surface area contributed by atoms with Crippen molar-refractivity contribution >= 4 is 17.7 Å². The Bertz CT molecular complexity index is 673. The molecule has 1 fully saturated rings. The van der Waals surface area contributed by atoms with Gasteiger partial charge in [0.05, 0.1) is 5.75 Å². The smallest absolute Gasteiger partial charge is 0.277 e. The van der Waals surface area contributed by atoms with Gasteiger partial charge in [0, 0.05) is 6.04 Å². The molecule has 23 heavy (non-hydrogen) atoms. The third kappa shape index (κ3) is 4.69. The molecule has 0 spiro atoms. The van der Waals surface area contributed by atoms with Gasteiger partial charge in [-0.1, -0.05) is 11.8 Å². The van der Waals surface area contributed by atoms with Crippen LogP contribution >= 0.6 is 11.8 Å². The molecule has 8 heteroatoms. The van der Waals surface area contributed by atoms with Crippen molar-refractivity contribution in [3.8, 4) is 5.75 Å². The number of carbonyl (C=O) groups is 1. The summed E-state index contributed by atoms with van der Waals surface area (Å²) in [5.41, 5.74) is 0. The van der Waals surface area contributed by atoms with Crippen LogP contribution in [0, 0.1) is 5.82 Å². The summed E-state index contributed by atoms with van der Waals surface area (Å²) in [6, 6.07) is 6.02. The normalized spacial score (nSPS) is 15.2. The number of halogens is 1. The standard InChI is InChI=1S/C15H16FN3O3S/c1-9(21-12-6-2-10(16)3-7-12)14-18-19-15(22-14)23-8-13(20)17-11-4-5-11/h2-3,6-7,9,11H,4-5,8H2,1H3,(H,17,20)/t9-/m1/s1. The van der Waals surface area contributed by atoms with Crippen LogP contribution in [0.5, 0.6) is 5.75 Å². The fourth-order valence-electron chi connectivity index (χ4n) is 1.83. The number of hydrogen-bond acceptors (Lipinski definition) is 6. The van der Waals surface area contributed by atoms with Gasteiger partial charge >= 0.3 is 0 Å². The van der Waals surface area contributed by atoms with E-state index in [1.807, 2.05) is 0 Å². The number of nitrogens with zero attached hydrogens (tertiary/aromatic N) is 2. The highest BCUT2D eigenvalue weighted by Crippen LogP contribution is 2.24. The van der Waals surface area contributed by atoms with Crippen molar-refractivity contribution in [1.82, 2.24) is 15.5 Å². The number of amides is 1. The van der Waals surface area contributed by atoms with E-state index in [1.165, 1.54) is 36.0 Å². The molecule has 0 saturated heterocycles. The largest absolute Gasteiger partial charge is 0.481 e. The number of aromatic nitrogens is 2. The summed E-state index contributed by atoms with van der Waals surface area (Å²) in [5, 5.41) is 11.0. The molecule has 1 N–H and O–H groups in total. The van der Waals surface area contributed by atoms with Crippen LogP contribution in [0.1, 0.15) is 31.8 Å². The van der Waals surface area contributed by atoms with E-state index in [0.29, 0.717) is 22.9 Å². The van der Waals surface area contributed by atoms with E-state index in [2.05, 4.69) is 15.5 Å². The highest BCUT2D eigenvalue weighted by Gasteiger charge is 2.23. The van der Waals surface area contributed by atoms with Gasteiger partial charge in [0.1, 0.15) is 11.6 Å². The van der Waals surface area contributed by atoms with Crippen LogP contribution < -0.4 is 10.1 Å². The number of hydrogen-bond donors (Lipinski definition) is 1. The Morgan fingerprint density at radius 2 is 2.17 bits per heavy atom. The average Bonchev–Trinajstić information content (AvgIpc) is 3.21. The van der Waals surface area contributed by atoms with Crippen LogP contribution in [0.25, 0.3) is 0 Å². The highest BCUT2D eigenvalue weighted by atomic mass is 32.2. The van der Waals surface area contributed by atoms with E-state index in [-0.39, 0.29) is 17.5 Å². The van der Waals surface area contributed by atoms with E-state index in [9.17, 15) is 9.18 Å². The number of thioether (sulfide) groups is 1. The molecule has 1 aromatic carbocycles. The summed E-state index contributed by atoms with van der Waals surface area (Å²) in [7, 11) is 0. The SMILES string of the molecule is C[C@@H](Oc1ccc(F)cc1)c1nnc(SCC(=O)NC2CC2)o1. The zero-order valence-corrected chi connectivity index (χ0v) is 13.3. The monoisotopic (exact) mass is 337 g/mol. The Balaban J connectivity index is 1.50. The third-order valence-electron chi connectivity index (χ3n) is 3.17. The summed E-state index contributed by atoms with van der Waals surface area (Å²) < 4.78 is 23.9. The van der Waals surface area contributed by atoms with Crippen molar-refractivity contribution in [2.75, 3.05) is 5.75 Å². The molecule has 1 amide bonds. The molecule has 2 aromatic rings. The lowest BCUT2D eigenvalue weighted by Crippen LogP contribution is -2.26. The summed E-state index contributed by atoms with van der Waals surface area (Å²) in [6.45, 7) is 1.76. The van der Waals surface area contributed by atoms with Gasteiger partial charge in [0.2, 0.25) is 5.91 Å². The average molecular weight is 337 g/mol. The molecule has 0 bridgehead atoms. The van der Waals surface area contributed by atoms with Gasteiger partial charge in [-0.05, 0) is 44.0 Å². The molecule has 1 aliphatic carbocycles. The molecular formula is C15H16FN3O3S. The van der Waals surface area contributed by atoms with E-state index in [1.54, 1.807) is 6.92 Å². The predicted molar refractivity (Wildman–Crippen MR) is 81.6 cm³/mol. The van der Waals surface area contributed by atoms with E-state index < -0.39 is 6.10 Å². The number of nitrogens with one attached hydrogen (secondary N) is 1. The van der Waals surface area contributed by atoms with Crippen LogP contribution in [0.2, 0.25) is 0 Å². The topological polar surface area (TPSA) is 77.2 Å². The van der Waals surface area contributed by atoms with Gasteiger partial charge in [-0.25, -0.2) is 4.39 Å². The maximum Gasteiger partial charge on any atom is 0.277 e. The molecule has 1 heterocycles. The van der Waals surface area contributed by atoms with Gasteiger partial charge in [0.25, 0.3) is 11.1 Å². The Morgan fingerprint density at radius 3 is 2.87 bits per heavy atom. The maximum atomic E-state index is 12.9. The molecule has 0 radical (unpaired) electrons. The molecule has 122 valence electrons. The van der Waals surface area contributed by atoms with Crippen LogP contribution in [0.4, 0.5) is 4.39 Å². The minimum atomic E-state index is -0.470. The summed E-state index contributed by atoms with van der Waals surface area (Å²) in [6.07, 6.45) is 1.64. The Kier molecular flexibility index (Phi) is 4.80. The van der Waals surface area contributed by atoms with Crippen LogP contribution in [-0.4, -0.2) is 27.9 Å². The first-order valence-corrected chi connectivity index (χ1v) is 8.26. The first-order valence-electron chi connectivity index (χ1n) is 7.28. The first kappa shape index (κ1) is 15.8. The van der Waals surface area contributed by atoms with Gasteiger partial charge in [0.15, 0.2) is 6.10 Å². The van der Waals surface area contributed by atoms with Crippen molar-refractivity contribution in [1.29, 1.82) is 0 Å². The molecule has 3 rings (SSSR count). The van der Waals surface area contributed by atoms with Crippen molar-refractivity contribution in [3.63, 3.8) is 0 Å². The molecular weight excluding hydrogens is 321 g/mol. The zero-order valence-electron chi connectivity index (χ0n) is 12.5. The predicted octanol–water partition coefficient (Wildman–Crippen LogP) is 2.72. The summed E-state index contributed by atoms with van der Waals surface area (Å²) >= 11 is 1.19. The number of carbonyl (C=O) groups excluding carboxylic acids is 1. The van der Waals surface area contributed by atoms with E-state index >= 15 is 0 Å². The fourth-order valence-corrected chi connectivity index (χ4v) is 2.42. The van der Waals surface area contributed by atoms with Crippen molar-refractivity contribution in [3.05, 3.63) is 36.0 Å². The third-order valence-corrected chi connectivity index (χ3v) is 3.98. The highest BCUT2D eigenvalue weighted by molar-refractivity contribution is 7.99. The lowest BCUT2D eigenvalue weighted by Gasteiger charge is -2.10. The Morgan fingerprint density at radius 1 is 1.43 bits per heavy atom. The molecule has 1 aromatic heterocycles. The number of ether oxygens (including phenoxy) is 1. The van der Waals surface area contributed by atoms with Crippen LogP contribution in [0.3, 0.4) is 0 Å². The van der Waals surface area contributed by atoms with Crippen molar-refractivity contribution in [2.45, 2.75) is 37.1 Å². The van der Waals surface area contributed by atoms with Gasteiger partial charge in [-0.3, -0.25) is 4.79 Å². The van der Waals surface area contributed by atoms with E-state index in [4.69, 9.17) is 9.15 Å². The quantitative estimate of drug-likeness (QED) is 0.783. The maximum absolute atomic E-state index is 12.9. The lowest BCUT2D eigenvalue weighted by molar-refractivity contribution is -0.118. The van der Waals surface area contributed by atoms with Crippen LogP contribution in [-0.2, 0) is 4.79 Å². The number of rotatable bonds is 7. The second kappa shape index (κ2) is 6.99. The lowest BCUT2D eigenvalue weighted by atomic mass is 10.3. The fraction of sp³-hybridized carbons (Fsp3) is 0.400. The van der Waals surface area contributed by atoms with Crippen LogP contribution in [0.15, 0.2) is 33.9 Å². The number of benzene rings is 1.